The fourth-order valence-corrected chi connectivity index (χ4v) is 2.37. The monoisotopic (exact) mass is 367 g/mol. The van der Waals surface area contributed by atoms with Crippen LogP contribution in [0.3, 0.4) is 0 Å². The van der Waals surface area contributed by atoms with Gasteiger partial charge in [-0.15, -0.1) is 0 Å². The Morgan fingerprint density at radius 1 is 1.04 bits per heavy atom. The lowest BCUT2D eigenvalue weighted by atomic mass is 10.2. The van der Waals surface area contributed by atoms with Crippen molar-refractivity contribution in [3.63, 3.8) is 0 Å². The van der Waals surface area contributed by atoms with Crippen LogP contribution in [0, 0.1) is 11.8 Å². The van der Waals surface area contributed by atoms with Crippen LogP contribution in [0.1, 0.15) is 10.4 Å². The van der Waals surface area contributed by atoms with Crippen molar-refractivity contribution in [1.82, 2.24) is 5.32 Å². The molecule has 1 amide bonds. The van der Waals surface area contributed by atoms with Gasteiger partial charge in [0.15, 0.2) is 0 Å². The molecule has 0 aliphatic carbocycles. The molecule has 0 aliphatic heterocycles. The maximum Gasteiger partial charge on any atom is 0.253 e. The fourth-order valence-electron chi connectivity index (χ4n) is 1.68. The minimum absolute atomic E-state index is 0.182. The number of halogens is 3. The summed E-state index contributed by atoms with van der Waals surface area (Å²) in [6.45, 7) is 0.366. The Morgan fingerprint density at radius 2 is 1.83 bits per heavy atom. The lowest BCUT2D eigenvalue weighted by molar-refractivity contribution is 0.0959. The van der Waals surface area contributed by atoms with Crippen molar-refractivity contribution < 1.29 is 9.53 Å². The number of carbonyl (C=O) groups is 1. The number of rotatable bonds is 4. The molecule has 0 aliphatic rings. The van der Waals surface area contributed by atoms with Crippen molar-refractivity contribution in [1.29, 1.82) is 0 Å². The van der Waals surface area contributed by atoms with Crippen molar-refractivity contribution >= 4 is 40.7 Å². The molecule has 23 heavy (non-hydrogen) atoms. The third-order valence-electron chi connectivity index (χ3n) is 2.77. The minimum Gasteiger partial charge on any atom is -0.479 e. The zero-order chi connectivity index (χ0) is 16.7. The number of benzene rings is 2. The molecule has 0 radical (unpaired) electrons. The van der Waals surface area contributed by atoms with E-state index in [4.69, 9.17) is 39.5 Å². The summed E-state index contributed by atoms with van der Waals surface area (Å²) in [4.78, 5) is 11.9. The van der Waals surface area contributed by atoms with Crippen LogP contribution in [0.2, 0.25) is 15.1 Å². The van der Waals surface area contributed by atoms with E-state index in [9.17, 15) is 4.79 Å². The zero-order valence-electron chi connectivity index (χ0n) is 11.9. The largest absolute Gasteiger partial charge is 0.479 e. The van der Waals surface area contributed by atoms with Crippen LogP contribution in [0.4, 0.5) is 0 Å². The first-order chi connectivity index (χ1) is 11.1. The standard InChI is InChI=1S/C17H12Cl3NO2/c18-12-7-8-13(15(20)11-12)17(22)21-9-3-4-10-23-16-6-2-1-5-14(16)19/h1-2,5-8,11H,9-10H2,(H,21,22). The number of hydrogen-bond donors (Lipinski definition) is 1. The fraction of sp³-hybridized carbons (Fsp3) is 0.118. The molecule has 3 nitrogen and oxygen atoms in total. The molecule has 0 saturated heterocycles. The van der Waals surface area contributed by atoms with Crippen molar-refractivity contribution in [3.05, 3.63) is 63.1 Å². The first-order valence-electron chi connectivity index (χ1n) is 6.64. The smallest absolute Gasteiger partial charge is 0.253 e. The Morgan fingerprint density at radius 3 is 2.57 bits per heavy atom. The van der Waals surface area contributed by atoms with Crippen LogP contribution in [0.15, 0.2) is 42.5 Å². The number of hydrogen-bond acceptors (Lipinski definition) is 2. The van der Waals surface area contributed by atoms with Crippen LogP contribution in [-0.4, -0.2) is 19.1 Å². The summed E-state index contributed by atoms with van der Waals surface area (Å²) in [5.74, 6) is 5.84. The number of nitrogens with one attached hydrogen (secondary N) is 1. The van der Waals surface area contributed by atoms with Gasteiger partial charge >= 0.3 is 0 Å². The van der Waals surface area contributed by atoms with Crippen molar-refractivity contribution in [2.75, 3.05) is 13.2 Å². The number of amides is 1. The maximum atomic E-state index is 11.9. The highest BCUT2D eigenvalue weighted by atomic mass is 35.5. The molecule has 0 bridgehead atoms. The van der Waals surface area contributed by atoms with Gasteiger partial charge in [-0.3, -0.25) is 4.79 Å². The molecule has 0 saturated carbocycles. The minimum atomic E-state index is -0.312. The Hall–Kier alpha value is -1.86. The van der Waals surface area contributed by atoms with Crippen molar-refractivity contribution in [3.8, 4) is 17.6 Å². The maximum absolute atomic E-state index is 11.9. The lowest BCUT2D eigenvalue weighted by Crippen LogP contribution is -2.23. The first-order valence-corrected chi connectivity index (χ1v) is 7.77. The first kappa shape index (κ1) is 17.5. The van der Waals surface area contributed by atoms with Crippen molar-refractivity contribution in [2.24, 2.45) is 0 Å². The average Bonchev–Trinajstić information content (AvgIpc) is 2.52. The third kappa shape index (κ3) is 5.37. The predicted octanol–water partition coefficient (Wildman–Crippen LogP) is 4.46. The van der Waals surface area contributed by atoms with E-state index in [1.54, 1.807) is 24.3 Å². The molecule has 1 N–H and O–H groups in total. The molecule has 0 heterocycles. The Balaban J connectivity index is 1.79. The summed E-state index contributed by atoms with van der Waals surface area (Å²) in [5.41, 5.74) is 0.352. The molecular weight excluding hydrogens is 357 g/mol. The van der Waals surface area contributed by atoms with E-state index in [1.165, 1.54) is 6.07 Å². The summed E-state index contributed by atoms with van der Waals surface area (Å²) in [6.07, 6.45) is 0. The molecule has 0 unspecified atom stereocenters. The predicted molar refractivity (Wildman–Crippen MR) is 93.5 cm³/mol. The second kappa shape index (κ2) is 8.69. The average molecular weight is 369 g/mol. The van der Waals surface area contributed by atoms with E-state index >= 15 is 0 Å². The highest BCUT2D eigenvalue weighted by Crippen LogP contribution is 2.22. The van der Waals surface area contributed by atoms with Crippen LogP contribution >= 0.6 is 34.8 Å². The molecule has 0 aromatic heterocycles. The van der Waals surface area contributed by atoms with Gasteiger partial charge in [-0.2, -0.15) is 0 Å². The molecule has 2 aromatic carbocycles. The molecule has 0 atom stereocenters. The molecular formula is C17H12Cl3NO2. The lowest BCUT2D eigenvalue weighted by Gasteiger charge is -2.04. The summed E-state index contributed by atoms with van der Waals surface area (Å²) < 4.78 is 5.41. The summed E-state index contributed by atoms with van der Waals surface area (Å²) in [6, 6.07) is 11.8. The normalized spacial score (nSPS) is 9.70. The van der Waals surface area contributed by atoms with Gasteiger partial charge in [-0.1, -0.05) is 58.8 Å². The van der Waals surface area contributed by atoms with E-state index < -0.39 is 0 Å². The molecule has 2 aromatic rings. The van der Waals surface area contributed by atoms with Gasteiger partial charge < -0.3 is 10.1 Å². The number of carbonyl (C=O) groups excluding carboxylic acids is 1. The SMILES string of the molecule is O=C(NCC#CCOc1ccccc1Cl)c1ccc(Cl)cc1Cl. The van der Waals surface area contributed by atoms with Crippen LogP contribution in [-0.2, 0) is 0 Å². The van der Waals surface area contributed by atoms with Crippen LogP contribution in [0.5, 0.6) is 5.75 Å². The van der Waals surface area contributed by atoms with E-state index in [1.807, 2.05) is 12.1 Å². The molecule has 0 fully saturated rings. The van der Waals surface area contributed by atoms with Gasteiger partial charge in [-0.25, -0.2) is 0 Å². The van der Waals surface area contributed by atoms with Crippen LogP contribution in [0.25, 0.3) is 0 Å². The van der Waals surface area contributed by atoms with Crippen molar-refractivity contribution in [2.45, 2.75) is 0 Å². The second-order valence-corrected chi connectivity index (χ2v) is 5.63. The van der Waals surface area contributed by atoms with Gasteiger partial charge in [0.05, 0.1) is 22.2 Å². The second-order valence-electron chi connectivity index (χ2n) is 4.38. The van der Waals surface area contributed by atoms with Gasteiger partial charge in [0.2, 0.25) is 0 Å². The molecule has 6 heteroatoms. The molecule has 0 spiro atoms. The van der Waals surface area contributed by atoms with E-state index in [0.29, 0.717) is 26.4 Å². The molecule has 118 valence electrons. The van der Waals surface area contributed by atoms with Gasteiger partial charge in [0.1, 0.15) is 12.4 Å². The topological polar surface area (TPSA) is 38.3 Å². The van der Waals surface area contributed by atoms with E-state index in [-0.39, 0.29) is 19.1 Å². The zero-order valence-corrected chi connectivity index (χ0v) is 14.2. The molecule has 2 rings (SSSR count). The highest BCUT2D eigenvalue weighted by Gasteiger charge is 2.09. The number of para-hydroxylation sites is 1. The van der Waals surface area contributed by atoms with Crippen LogP contribution < -0.4 is 10.1 Å². The van der Waals surface area contributed by atoms with Gasteiger partial charge in [-0.05, 0) is 30.3 Å². The summed E-state index contributed by atoms with van der Waals surface area (Å²) in [5, 5.41) is 3.95. The number of ether oxygens (including phenoxy) is 1. The summed E-state index contributed by atoms with van der Waals surface area (Å²) >= 11 is 17.7. The Kier molecular flexibility index (Phi) is 6.61. The third-order valence-corrected chi connectivity index (χ3v) is 3.63. The highest BCUT2D eigenvalue weighted by molar-refractivity contribution is 6.36. The Labute approximate surface area is 149 Å². The van der Waals surface area contributed by atoms with E-state index in [0.717, 1.165) is 0 Å². The Bertz CT molecular complexity index is 766. The summed E-state index contributed by atoms with van der Waals surface area (Å²) in [7, 11) is 0. The van der Waals surface area contributed by atoms with Gasteiger partial charge in [0, 0.05) is 5.02 Å². The van der Waals surface area contributed by atoms with E-state index in [2.05, 4.69) is 17.2 Å². The quantitative estimate of drug-likeness (QED) is 0.809. The van der Waals surface area contributed by atoms with Gasteiger partial charge in [0.25, 0.3) is 5.91 Å².